The lowest BCUT2D eigenvalue weighted by Crippen LogP contribution is -2.43. The van der Waals surface area contributed by atoms with Crippen LogP contribution in [-0.2, 0) is 13.0 Å². The van der Waals surface area contributed by atoms with Gasteiger partial charge in [-0.25, -0.2) is 4.39 Å². The lowest BCUT2D eigenvalue weighted by molar-refractivity contribution is 0.107. The van der Waals surface area contributed by atoms with Gasteiger partial charge in [0.05, 0.1) is 29.2 Å². The van der Waals surface area contributed by atoms with Gasteiger partial charge >= 0.3 is 6.01 Å². The molecule has 0 radical (unpaired) electrons. The van der Waals surface area contributed by atoms with Crippen molar-refractivity contribution < 1.29 is 14.2 Å². The van der Waals surface area contributed by atoms with Crippen LogP contribution < -0.4 is 15.0 Å². The molecule has 0 amide bonds. The van der Waals surface area contributed by atoms with Crippen LogP contribution >= 0.6 is 0 Å². The number of aromatic nitrogens is 2. The van der Waals surface area contributed by atoms with Crippen molar-refractivity contribution in [2.75, 3.05) is 31.1 Å². The molecule has 2 bridgehead atoms. The Hall–Kier alpha value is -2.97. The summed E-state index contributed by atoms with van der Waals surface area (Å²) < 4.78 is 21.6. The molecule has 0 spiro atoms. The van der Waals surface area contributed by atoms with Gasteiger partial charge < -0.3 is 20.1 Å². The summed E-state index contributed by atoms with van der Waals surface area (Å²) in [5.41, 5.74) is 4.26. The van der Waals surface area contributed by atoms with E-state index in [-0.39, 0.29) is 17.1 Å². The highest BCUT2D eigenvalue weighted by molar-refractivity contribution is 5.96. The Balaban J connectivity index is 1.15. The van der Waals surface area contributed by atoms with Crippen LogP contribution in [0.5, 0.6) is 11.8 Å². The first-order valence-corrected chi connectivity index (χ1v) is 15.2. The number of benzene rings is 2. The minimum atomic E-state index is -0.271. The maximum atomic E-state index is 15.1. The van der Waals surface area contributed by atoms with E-state index in [2.05, 4.69) is 15.1 Å². The maximum Gasteiger partial charge on any atom is 0.316 e. The normalized spacial score (nSPS) is 27.2. The van der Waals surface area contributed by atoms with Crippen LogP contribution in [-0.4, -0.2) is 63.8 Å². The Morgan fingerprint density at radius 2 is 1.85 bits per heavy atom. The van der Waals surface area contributed by atoms with Gasteiger partial charge in [-0.1, -0.05) is 12.1 Å². The summed E-state index contributed by atoms with van der Waals surface area (Å²) in [4.78, 5) is 15.0. The summed E-state index contributed by atoms with van der Waals surface area (Å²) in [7, 11) is 0. The van der Waals surface area contributed by atoms with E-state index >= 15 is 4.39 Å². The lowest BCUT2D eigenvalue weighted by atomic mass is 9.85. The number of ether oxygens (including phenoxy) is 1. The van der Waals surface area contributed by atoms with Crippen molar-refractivity contribution in [1.29, 1.82) is 0 Å². The van der Waals surface area contributed by atoms with E-state index in [0.717, 1.165) is 31.5 Å². The van der Waals surface area contributed by atoms with Crippen molar-refractivity contribution in [3.05, 3.63) is 53.1 Å². The van der Waals surface area contributed by atoms with Gasteiger partial charge in [0.25, 0.3) is 0 Å². The number of rotatable bonds is 5. The Kier molecular flexibility index (Phi) is 5.92. The second kappa shape index (κ2) is 9.55. The van der Waals surface area contributed by atoms with Crippen LogP contribution in [0.2, 0.25) is 0 Å². The molecule has 0 aliphatic carbocycles. The molecule has 210 valence electrons. The average Bonchev–Trinajstić information content (AvgIpc) is 3.64. The summed E-state index contributed by atoms with van der Waals surface area (Å²) in [6, 6.07) is 10.0. The van der Waals surface area contributed by atoms with Crippen LogP contribution in [0.3, 0.4) is 0 Å². The number of aromatic hydroxyl groups is 1. The molecule has 5 aliphatic heterocycles. The zero-order valence-electron chi connectivity index (χ0n) is 23.0. The number of fused-ring (bicyclic) bond motifs is 5. The minimum Gasteiger partial charge on any atom is -0.508 e. The predicted octanol–water partition coefficient (Wildman–Crippen LogP) is 5.04. The maximum absolute atomic E-state index is 15.1. The van der Waals surface area contributed by atoms with Crippen molar-refractivity contribution in [2.24, 2.45) is 0 Å². The summed E-state index contributed by atoms with van der Waals surface area (Å²) in [5.74, 6) is 0.289. The number of hydrogen-bond donors (Lipinski definition) is 2. The highest BCUT2D eigenvalue weighted by Gasteiger charge is 2.45. The van der Waals surface area contributed by atoms with Crippen molar-refractivity contribution in [3.8, 4) is 11.8 Å². The van der Waals surface area contributed by atoms with Crippen LogP contribution in [0, 0.1) is 5.82 Å². The molecule has 3 aromatic rings. The molecule has 40 heavy (non-hydrogen) atoms. The molecule has 8 rings (SSSR count). The Labute approximate surface area is 234 Å². The third kappa shape index (κ3) is 4.14. The number of nitrogens with one attached hydrogen (secondary N) is 1. The molecule has 2 unspecified atom stereocenters. The number of piperidine rings is 1. The molecule has 1 aromatic heterocycles. The van der Waals surface area contributed by atoms with E-state index in [1.165, 1.54) is 68.9 Å². The zero-order valence-corrected chi connectivity index (χ0v) is 23.0. The first kappa shape index (κ1) is 24.8. The predicted molar refractivity (Wildman–Crippen MR) is 153 cm³/mol. The highest BCUT2D eigenvalue weighted by atomic mass is 19.1. The Bertz CT molecular complexity index is 1440. The second-order valence-electron chi connectivity index (χ2n) is 12.8. The molecule has 2 atom stereocenters. The van der Waals surface area contributed by atoms with Gasteiger partial charge in [0.15, 0.2) is 0 Å². The van der Waals surface area contributed by atoms with Crippen molar-refractivity contribution >= 4 is 16.5 Å². The molecule has 4 saturated heterocycles. The number of hydrogen-bond acceptors (Lipinski definition) is 7. The molecule has 2 aromatic carbocycles. The molecular weight excluding hydrogens is 505 g/mol. The monoisotopic (exact) mass is 543 g/mol. The van der Waals surface area contributed by atoms with Gasteiger partial charge in [-0.05, 0) is 94.0 Å². The molecular formula is C32H38FN5O2. The summed E-state index contributed by atoms with van der Waals surface area (Å²) in [6.07, 6.45) is 10.4. The van der Waals surface area contributed by atoms with E-state index in [4.69, 9.17) is 14.7 Å². The third-order valence-electron chi connectivity index (χ3n) is 10.4. The molecule has 0 saturated carbocycles. The number of anilines is 1. The molecule has 5 aliphatic rings. The number of halogens is 1. The quantitative estimate of drug-likeness (QED) is 0.467. The SMILES string of the molecule is Oc1cc(N2CCc3c(nc(OCC45CCCN4CCC5)nc3C3CC4CCC(C3)N4)C2)c2c(F)cccc2c1. The Morgan fingerprint density at radius 3 is 2.65 bits per heavy atom. The minimum absolute atomic E-state index is 0.136. The van der Waals surface area contributed by atoms with E-state index in [9.17, 15) is 5.11 Å². The van der Waals surface area contributed by atoms with Crippen LogP contribution in [0.15, 0.2) is 30.3 Å². The van der Waals surface area contributed by atoms with Crippen LogP contribution in [0.25, 0.3) is 10.8 Å². The van der Waals surface area contributed by atoms with Gasteiger partial charge in [0.1, 0.15) is 18.2 Å². The molecule has 4 fully saturated rings. The smallest absolute Gasteiger partial charge is 0.316 e. The van der Waals surface area contributed by atoms with E-state index in [1.807, 2.05) is 6.07 Å². The second-order valence-corrected chi connectivity index (χ2v) is 12.8. The molecule has 2 N–H and O–H groups in total. The van der Waals surface area contributed by atoms with Crippen LogP contribution in [0.1, 0.15) is 74.2 Å². The summed E-state index contributed by atoms with van der Waals surface area (Å²) >= 11 is 0. The van der Waals surface area contributed by atoms with Crippen molar-refractivity contribution in [1.82, 2.24) is 20.2 Å². The highest BCUT2D eigenvalue weighted by Crippen LogP contribution is 2.42. The topological polar surface area (TPSA) is 73.8 Å². The standard InChI is InChI=1S/C32H38FN5O2/c33-26-5-1-4-20-16-24(39)17-28(29(20)26)37-13-8-25-27(18-37)35-31(40-19-32-9-2-11-38(32)12-3-10-32)36-30(25)21-14-22-6-7-23(15-21)34-22/h1,4-5,16-17,21-23,34,39H,2-3,6-15,18-19H2. The zero-order chi connectivity index (χ0) is 26.8. The summed E-state index contributed by atoms with van der Waals surface area (Å²) in [6.45, 7) is 4.26. The average molecular weight is 544 g/mol. The van der Waals surface area contributed by atoms with Gasteiger partial charge in [-0.3, -0.25) is 4.90 Å². The first-order chi connectivity index (χ1) is 19.5. The van der Waals surface area contributed by atoms with Gasteiger partial charge in [-0.2, -0.15) is 9.97 Å². The fourth-order valence-corrected chi connectivity index (χ4v) is 8.58. The number of phenolic OH excluding ortho intramolecular Hbond substituents is 1. The Morgan fingerprint density at radius 1 is 1.05 bits per heavy atom. The van der Waals surface area contributed by atoms with Crippen LogP contribution in [0.4, 0.5) is 10.1 Å². The molecule has 6 heterocycles. The summed E-state index contributed by atoms with van der Waals surface area (Å²) in [5, 5.41) is 15.5. The van der Waals surface area contributed by atoms with Gasteiger partial charge in [0.2, 0.25) is 0 Å². The van der Waals surface area contributed by atoms with Gasteiger partial charge in [-0.15, -0.1) is 0 Å². The fraction of sp³-hybridized carbons (Fsp3) is 0.562. The molecule has 7 nitrogen and oxygen atoms in total. The van der Waals surface area contributed by atoms with E-state index in [0.29, 0.717) is 53.6 Å². The van der Waals surface area contributed by atoms with Crippen molar-refractivity contribution in [3.63, 3.8) is 0 Å². The molecule has 8 heteroatoms. The first-order valence-electron chi connectivity index (χ1n) is 15.2. The van der Waals surface area contributed by atoms with E-state index in [1.54, 1.807) is 18.2 Å². The van der Waals surface area contributed by atoms with Crippen molar-refractivity contribution in [2.45, 2.75) is 87.9 Å². The largest absolute Gasteiger partial charge is 0.508 e. The fourth-order valence-electron chi connectivity index (χ4n) is 8.58. The lowest BCUT2D eigenvalue weighted by Gasteiger charge is -2.35. The number of phenols is 1. The van der Waals surface area contributed by atoms with E-state index < -0.39 is 0 Å². The van der Waals surface area contributed by atoms with Gasteiger partial charge in [0, 0.05) is 36.0 Å². The number of nitrogens with zero attached hydrogens (tertiary/aromatic N) is 4. The third-order valence-corrected chi connectivity index (χ3v) is 10.4.